The molecule has 6 heteroatoms. The van der Waals surface area contributed by atoms with E-state index >= 15 is 0 Å². The summed E-state index contributed by atoms with van der Waals surface area (Å²) in [7, 11) is -1.51. The predicted molar refractivity (Wildman–Crippen MR) is 120 cm³/mol. The van der Waals surface area contributed by atoms with Crippen molar-refractivity contribution in [1.29, 1.82) is 0 Å². The zero-order valence-corrected chi connectivity index (χ0v) is 19.9. The van der Waals surface area contributed by atoms with E-state index in [1.54, 1.807) is 49.6 Å². The van der Waals surface area contributed by atoms with Gasteiger partial charge in [0, 0.05) is 10.5 Å². The van der Waals surface area contributed by atoms with Crippen molar-refractivity contribution in [3.05, 3.63) is 53.6 Å². The lowest BCUT2D eigenvalue weighted by Gasteiger charge is -2.19. The van der Waals surface area contributed by atoms with E-state index in [-0.39, 0.29) is 0 Å². The van der Waals surface area contributed by atoms with E-state index in [0.717, 1.165) is 0 Å². The van der Waals surface area contributed by atoms with Gasteiger partial charge in [-0.25, -0.2) is 9.00 Å². The fourth-order valence-corrected chi connectivity index (χ4v) is 3.98. The Labute approximate surface area is 177 Å². The molecule has 0 N–H and O–H groups in total. The lowest BCUT2D eigenvalue weighted by molar-refractivity contribution is 0.00694. The number of hydrogen-bond donors (Lipinski definition) is 0. The maximum atomic E-state index is 13.2. The summed E-state index contributed by atoms with van der Waals surface area (Å²) in [5, 5.41) is 0. The maximum Gasteiger partial charge on any atom is 0.338 e. The molecule has 2 aromatic carbocycles. The van der Waals surface area contributed by atoms with E-state index in [9.17, 15) is 9.00 Å². The van der Waals surface area contributed by atoms with Gasteiger partial charge in [0.25, 0.3) is 0 Å². The van der Waals surface area contributed by atoms with Gasteiger partial charge in [0.1, 0.15) is 19.4 Å². The van der Waals surface area contributed by atoms with Gasteiger partial charge in [-0.2, -0.15) is 0 Å². The maximum absolute atomic E-state index is 13.2. The summed E-state index contributed by atoms with van der Waals surface area (Å²) >= 11 is 0. The van der Waals surface area contributed by atoms with Gasteiger partial charge in [0.2, 0.25) is 0 Å². The van der Waals surface area contributed by atoms with Crippen LogP contribution in [-0.2, 0) is 15.5 Å². The molecule has 0 aliphatic rings. The quantitative estimate of drug-likeness (QED) is 0.389. The molecule has 0 aliphatic carbocycles. The molecule has 0 saturated carbocycles. The molecule has 4 nitrogen and oxygen atoms in total. The van der Waals surface area contributed by atoms with Crippen molar-refractivity contribution in [1.82, 2.24) is 0 Å². The van der Waals surface area contributed by atoms with Gasteiger partial charge in [-0.3, -0.25) is 0 Å². The molecule has 2 rings (SSSR count). The van der Waals surface area contributed by atoms with Crippen LogP contribution in [-0.4, -0.2) is 31.0 Å². The third-order valence-corrected chi connectivity index (χ3v) is 5.99. The summed E-state index contributed by atoms with van der Waals surface area (Å²) in [6.07, 6.45) is 0. The Hall–Kier alpha value is -2.36. The molecule has 0 saturated heterocycles. The van der Waals surface area contributed by atoms with Crippen molar-refractivity contribution in [3.63, 3.8) is 0 Å². The molecule has 0 heterocycles. The molecule has 0 fully saturated rings. The van der Waals surface area contributed by atoms with Crippen molar-refractivity contribution < 1.29 is 18.5 Å². The fourth-order valence-electron chi connectivity index (χ4n) is 2.33. The zero-order chi connectivity index (χ0) is 21.8. The number of carbonyl (C=O) groups is 1. The molecule has 1 unspecified atom stereocenters. The van der Waals surface area contributed by atoms with Gasteiger partial charge in [0.05, 0.1) is 28.4 Å². The monoisotopic (exact) mass is 428 g/mol. The summed E-state index contributed by atoms with van der Waals surface area (Å²) in [4.78, 5) is 13.7. The summed E-state index contributed by atoms with van der Waals surface area (Å²) in [5.41, 5.74) is 3.69. The van der Waals surface area contributed by atoms with E-state index in [4.69, 9.17) is 9.47 Å². The van der Waals surface area contributed by atoms with E-state index in [0.29, 0.717) is 26.7 Å². The summed E-state index contributed by atoms with van der Waals surface area (Å²) < 4.78 is 23.8. The highest BCUT2D eigenvalue weighted by Crippen LogP contribution is 2.24. The molecule has 0 aromatic heterocycles. The second-order valence-electron chi connectivity index (χ2n) is 8.66. The Morgan fingerprint density at radius 3 is 2.17 bits per heavy atom. The van der Waals surface area contributed by atoms with Crippen LogP contribution in [0, 0.1) is 11.5 Å². The van der Waals surface area contributed by atoms with Crippen LogP contribution in [0.25, 0.3) is 0 Å². The van der Waals surface area contributed by atoms with E-state index in [1.807, 2.05) is 20.8 Å². The Balaban J connectivity index is 2.50. The average molecular weight is 429 g/mol. The number of methoxy groups -OCH3 is 1. The SMILES string of the molecule is COc1ccc(S(=O)c2ccc(C(=O)OC(C)(C)C)cc2C#C[Si](C)(C)C)cc1. The van der Waals surface area contributed by atoms with Crippen LogP contribution in [0.4, 0.5) is 0 Å². The van der Waals surface area contributed by atoms with Crippen molar-refractivity contribution in [3.8, 4) is 17.2 Å². The van der Waals surface area contributed by atoms with Gasteiger partial charge < -0.3 is 9.47 Å². The molecule has 1 atom stereocenters. The third kappa shape index (κ3) is 6.88. The number of carbonyl (C=O) groups excluding carboxylic acids is 1. The van der Waals surface area contributed by atoms with Crippen molar-refractivity contribution in [2.75, 3.05) is 7.11 Å². The van der Waals surface area contributed by atoms with E-state index in [1.165, 1.54) is 0 Å². The number of ether oxygens (including phenoxy) is 2. The average Bonchev–Trinajstić information content (AvgIpc) is 2.63. The Bertz CT molecular complexity index is 971. The van der Waals surface area contributed by atoms with E-state index in [2.05, 4.69) is 31.1 Å². The number of hydrogen-bond acceptors (Lipinski definition) is 4. The highest BCUT2D eigenvalue weighted by atomic mass is 32.2. The first-order valence-corrected chi connectivity index (χ1v) is 14.0. The summed E-state index contributed by atoms with van der Waals surface area (Å²) in [6, 6.07) is 12.1. The van der Waals surface area contributed by atoms with Crippen molar-refractivity contribution in [2.45, 2.75) is 55.8 Å². The molecule has 0 aliphatic heterocycles. The van der Waals surface area contributed by atoms with Crippen LogP contribution < -0.4 is 4.74 Å². The number of rotatable bonds is 4. The number of benzene rings is 2. The largest absolute Gasteiger partial charge is 0.497 e. The van der Waals surface area contributed by atoms with Crippen LogP contribution in [0.15, 0.2) is 52.3 Å². The Kier molecular flexibility index (Phi) is 7.09. The first-order valence-electron chi connectivity index (χ1n) is 9.36. The molecule has 0 spiro atoms. The van der Waals surface area contributed by atoms with Gasteiger partial charge >= 0.3 is 5.97 Å². The van der Waals surface area contributed by atoms with Crippen LogP contribution in [0.2, 0.25) is 19.6 Å². The van der Waals surface area contributed by atoms with Crippen LogP contribution in [0.1, 0.15) is 36.7 Å². The highest BCUT2D eigenvalue weighted by molar-refractivity contribution is 7.85. The van der Waals surface area contributed by atoms with Gasteiger partial charge in [-0.05, 0) is 63.2 Å². The summed E-state index contributed by atoms with van der Waals surface area (Å²) in [6.45, 7) is 11.9. The van der Waals surface area contributed by atoms with Gasteiger partial charge in [-0.15, -0.1) is 5.54 Å². The molecule has 154 valence electrons. The smallest absolute Gasteiger partial charge is 0.338 e. The number of esters is 1. The zero-order valence-electron chi connectivity index (χ0n) is 18.1. The molecule has 0 amide bonds. The molecule has 29 heavy (non-hydrogen) atoms. The standard InChI is InChI=1S/C23H28O4SSi/c1-23(2,3)27-22(24)18-8-13-21(17(16-18)14-15-29(5,6)7)28(25)20-11-9-19(26-4)10-12-20/h8-13,16H,1-7H3. The van der Waals surface area contributed by atoms with Gasteiger partial charge in [-0.1, -0.05) is 25.6 Å². The lowest BCUT2D eigenvalue weighted by Crippen LogP contribution is -2.24. The van der Waals surface area contributed by atoms with Crippen LogP contribution in [0.3, 0.4) is 0 Å². The Morgan fingerprint density at radius 1 is 1.03 bits per heavy atom. The third-order valence-electron chi connectivity index (χ3n) is 3.66. The fraction of sp³-hybridized carbons (Fsp3) is 0.348. The minimum Gasteiger partial charge on any atom is -0.497 e. The Morgan fingerprint density at radius 2 is 1.66 bits per heavy atom. The second-order valence-corrected chi connectivity index (χ2v) is 14.9. The first kappa shape index (κ1) is 22.9. The molecule has 0 bridgehead atoms. The highest BCUT2D eigenvalue weighted by Gasteiger charge is 2.20. The van der Waals surface area contributed by atoms with Crippen molar-refractivity contribution >= 4 is 24.8 Å². The minimum absolute atomic E-state index is 0.398. The minimum atomic E-state index is -1.66. The van der Waals surface area contributed by atoms with Crippen LogP contribution in [0.5, 0.6) is 5.75 Å². The van der Waals surface area contributed by atoms with E-state index < -0.39 is 30.4 Å². The normalized spacial score (nSPS) is 12.5. The first-order chi connectivity index (χ1) is 13.4. The topological polar surface area (TPSA) is 52.6 Å². The predicted octanol–water partition coefficient (Wildman–Crippen LogP) is 5.05. The molecular formula is C23H28O4SSi. The molecule has 2 aromatic rings. The second kappa shape index (κ2) is 8.98. The molecular weight excluding hydrogens is 400 g/mol. The molecule has 0 radical (unpaired) electrons. The lowest BCUT2D eigenvalue weighted by atomic mass is 10.1. The summed E-state index contributed by atoms with van der Waals surface area (Å²) in [5.74, 6) is 3.45. The van der Waals surface area contributed by atoms with Crippen LogP contribution >= 0.6 is 0 Å². The van der Waals surface area contributed by atoms with Gasteiger partial charge in [0.15, 0.2) is 0 Å². The van der Waals surface area contributed by atoms with Crippen molar-refractivity contribution in [2.24, 2.45) is 0 Å².